The molecule has 6 heteroatoms. The lowest BCUT2D eigenvalue weighted by Crippen LogP contribution is -2.28. The molecule has 0 fully saturated rings. The second kappa shape index (κ2) is 2.67. The Hall–Kier alpha value is -0.780. The zero-order valence-electron chi connectivity index (χ0n) is 5.04. The van der Waals surface area contributed by atoms with Crippen LogP contribution in [0.4, 0.5) is 4.79 Å². The smallest absolute Gasteiger partial charge is 0.420 e. The van der Waals surface area contributed by atoms with Crippen LogP contribution in [0.25, 0.3) is 0 Å². The molecule has 0 bridgehead atoms. The summed E-state index contributed by atoms with van der Waals surface area (Å²) in [5.74, 6) is 0. The first-order chi connectivity index (χ1) is 3.95. The molecule has 5 nitrogen and oxygen atoms in total. The third-order valence-corrected chi connectivity index (χ3v) is 0.992. The van der Waals surface area contributed by atoms with Crippen molar-refractivity contribution >= 4 is 16.1 Å². The summed E-state index contributed by atoms with van der Waals surface area (Å²) in [4.78, 5) is 10.1. The van der Waals surface area contributed by atoms with E-state index in [1.165, 1.54) is 0 Å². The van der Waals surface area contributed by atoms with Gasteiger partial charge in [0.2, 0.25) is 10.0 Å². The van der Waals surface area contributed by atoms with Crippen LogP contribution in [0.3, 0.4) is 0 Å². The van der Waals surface area contributed by atoms with Gasteiger partial charge in [0.15, 0.2) is 0 Å². The molecule has 54 valence electrons. The average molecular weight is 153 g/mol. The molecule has 0 aliphatic rings. The van der Waals surface area contributed by atoms with Crippen molar-refractivity contribution in [1.29, 1.82) is 0 Å². The molecule has 0 rings (SSSR count). The van der Waals surface area contributed by atoms with Crippen LogP contribution in [-0.2, 0) is 14.8 Å². The van der Waals surface area contributed by atoms with E-state index >= 15 is 0 Å². The van der Waals surface area contributed by atoms with Crippen LogP contribution < -0.4 is 4.72 Å². The quantitative estimate of drug-likeness (QED) is 0.540. The van der Waals surface area contributed by atoms with Gasteiger partial charge in [-0.3, -0.25) is 0 Å². The van der Waals surface area contributed by atoms with E-state index in [4.69, 9.17) is 0 Å². The number of amides is 1. The molecule has 0 saturated carbocycles. The highest BCUT2D eigenvalue weighted by Crippen LogP contribution is 1.76. The maximum atomic E-state index is 10.2. The van der Waals surface area contributed by atoms with Crippen LogP contribution in [0.15, 0.2) is 0 Å². The summed E-state index contributed by atoms with van der Waals surface area (Å²) >= 11 is 0. The van der Waals surface area contributed by atoms with Gasteiger partial charge in [0, 0.05) is 0 Å². The molecule has 0 heterocycles. The molecule has 1 amide bonds. The summed E-state index contributed by atoms with van der Waals surface area (Å²) in [7, 11) is -2.38. The summed E-state index contributed by atoms with van der Waals surface area (Å²) in [6, 6.07) is 0. The molecule has 1 N–H and O–H groups in total. The lowest BCUT2D eigenvalue weighted by Gasteiger charge is -1.97. The second-order valence-electron chi connectivity index (χ2n) is 1.37. The Balaban J connectivity index is 3.91. The maximum Gasteiger partial charge on any atom is 0.420 e. The molecule has 0 atom stereocenters. The largest absolute Gasteiger partial charge is 0.452 e. The summed E-state index contributed by atoms with van der Waals surface area (Å²) in [5, 5.41) is 0. The van der Waals surface area contributed by atoms with E-state index in [-0.39, 0.29) is 0 Å². The first kappa shape index (κ1) is 8.22. The van der Waals surface area contributed by atoms with Crippen molar-refractivity contribution in [3.8, 4) is 0 Å². The highest BCUT2D eigenvalue weighted by molar-refractivity contribution is 7.89. The lowest BCUT2D eigenvalue weighted by molar-refractivity contribution is 0.178. The Labute approximate surface area is 53.1 Å². The number of carbonyl (C=O) groups is 1. The fourth-order valence-electron chi connectivity index (χ4n) is 0.193. The Bertz CT molecular complexity index is 194. The zero-order chi connectivity index (χ0) is 7.49. The Morgan fingerprint density at radius 1 is 1.56 bits per heavy atom. The fourth-order valence-corrected chi connectivity index (χ4v) is 0.579. The Kier molecular flexibility index (Phi) is 2.44. The summed E-state index contributed by atoms with van der Waals surface area (Å²) in [6.07, 6.45) is -0.110. The normalized spacial score (nSPS) is 10.4. The van der Waals surface area contributed by atoms with Crippen LogP contribution in [0, 0.1) is 0 Å². The summed E-state index contributed by atoms with van der Waals surface area (Å²) in [5.41, 5.74) is 0. The second-order valence-corrected chi connectivity index (χ2v) is 3.11. The van der Waals surface area contributed by atoms with Gasteiger partial charge >= 0.3 is 6.09 Å². The van der Waals surface area contributed by atoms with E-state index in [0.29, 0.717) is 0 Å². The van der Waals surface area contributed by atoms with Gasteiger partial charge in [0.1, 0.15) is 0 Å². The van der Waals surface area contributed by atoms with Crippen molar-refractivity contribution in [1.82, 2.24) is 4.72 Å². The lowest BCUT2D eigenvalue weighted by atomic mass is 11.2. The highest BCUT2D eigenvalue weighted by atomic mass is 32.2. The molecule has 0 aliphatic heterocycles. The van der Waals surface area contributed by atoms with Crippen LogP contribution in [0.2, 0.25) is 0 Å². The van der Waals surface area contributed by atoms with Crippen LogP contribution in [0.1, 0.15) is 0 Å². The van der Waals surface area contributed by atoms with Crippen LogP contribution >= 0.6 is 0 Å². The topological polar surface area (TPSA) is 72.5 Å². The van der Waals surface area contributed by atoms with Crippen LogP contribution in [-0.4, -0.2) is 27.9 Å². The van der Waals surface area contributed by atoms with Gasteiger partial charge in [-0.05, 0) is 0 Å². The molecule has 9 heavy (non-hydrogen) atoms. The van der Waals surface area contributed by atoms with Gasteiger partial charge in [-0.1, -0.05) is 0 Å². The monoisotopic (exact) mass is 153 g/mol. The molecule has 0 aliphatic carbocycles. The summed E-state index contributed by atoms with van der Waals surface area (Å²) in [6.45, 7) is 0. The maximum absolute atomic E-state index is 10.2. The molecule has 0 aromatic carbocycles. The molecule has 0 saturated heterocycles. The van der Waals surface area contributed by atoms with Gasteiger partial charge < -0.3 is 4.74 Å². The Morgan fingerprint density at radius 2 is 2.00 bits per heavy atom. The highest BCUT2D eigenvalue weighted by Gasteiger charge is 2.05. The fraction of sp³-hybridized carbons (Fsp3) is 0.667. The van der Waals surface area contributed by atoms with Crippen molar-refractivity contribution in [2.24, 2.45) is 0 Å². The van der Waals surface area contributed by atoms with Crippen molar-refractivity contribution in [2.75, 3.05) is 13.4 Å². The third-order valence-electron chi connectivity index (χ3n) is 0.454. The molecular formula is C3H7NO4S. The zero-order valence-corrected chi connectivity index (χ0v) is 5.86. The van der Waals surface area contributed by atoms with Crippen molar-refractivity contribution in [3.05, 3.63) is 0 Å². The molecule has 0 spiro atoms. The molecular weight excluding hydrogens is 146 g/mol. The number of methoxy groups -OCH3 is 1. The van der Waals surface area contributed by atoms with Crippen molar-refractivity contribution < 1.29 is 17.9 Å². The van der Waals surface area contributed by atoms with E-state index < -0.39 is 16.1 Å². The van der Waals surface area contributed by atoms with E-state index in [2.05, 4.69) is 4.74 Å². The van der Waals surface area contributed by atoms with Gasteiger partial charge in [-0.2, -0.15) is 0 Å². The van der Waals surface area contributed by atoms with Gasteiger partial charge in [-0.15, -0.1) is 0 Å². The molecule has 0 aromatic heterocycles. The number of hydrogen-bond donors (Lipinski definition) is 1. The number of hydrogen-bond acceptors (Lipinski definition) is 4. The number of nitrogens with one attached hydrogen (secondary N) is 1. The van der Waals surface area contributed by atoms with E-state index in [9.17, 15) is 13.2 Å². The Morgan fingerprint density at radius 3 is 2.11 bits per heavy atom. The third kappa shape index (κ3) is 5.09. The van der Waals surface area contributed by atoms with Crippen molar-refractivity contribution in [3.63, 3.8) is 0 Å². The number of rotatable bonds is 1. The molecule has 0 unspecified atom stereocenters. The number of sulfonamides is 1. The first-order valence-corrected chi connectivity index (χ1v) is 3.90. The minimum Gasteiger partial charge on any atom is -0.452 e. The predicted octanol–water partition coefficient (Wildman–Crippen LogP) is -0.698. The van der Waals surface area contributed by atoms with Gasteiger partial charge in [-0.25, -0.2) is 17.9 Å². The average Bonchev–Trinajstić information content (AvgIpc) is 1.62. The van der Waals surface area contributed by atoms with Gasteiger partial charge in [0.25, 0.3) is 0 Å². The first-order valence-electron chi connectivity index (χ1n) is 2.01. The van der Waals surface area contributed by atoms with E-state index in [1.54, 1.807) is 4.72 Å². The minimum atomic E-state index is -3.46. The SMILES string of the molecule is COC(=O)NS(C)(=O)=O. The van der Waals surface area contributed by atoms with Crippen LogP contribution in [0.5, 0.6) is 0 Å². The van der Waals surface area contributed by atoms with E-state index in [0.717, 1.165) is 13.4 Å². The molecule has 0 aromatic rings. The predicted molar refractivity (Wildman–Crippen MR) is 30.4 cm³/mol. The van der Waals surface area contributed by atoms with Gasteiger partial charge in [0.05, 0.1) is 13.4 Å². The molecule has 0 radical (unpaired) electrons. The van der Waals surface area contributed by atoms with E-state index in [1.807, 2.05) is 0 Å². The number of carbonyl (C=O) groups excluding carboxylic acids is 1. The van der Waals surface area contributed by atoms with Crippen molar-refractivity contribution in [2.45, 2.75) is 0 Å². The standard InChI is InChI=1S/C3H7NO4S/c1-8-3(5)4-9(2,6)7/h1-2H3,(H,4,5). The number of ether oxygens (including phenoxy) is 1. The minimum absolute atomic E-state index is 0.865. The summed E-state index contributed by atoms with van der Waals surface area (Å²) < 4.78 is 26.0.